The van der Waals surface area contributed by atoms with Crippen LogP contribution in [0.25, 0.3) is 0 Å². The number of carbonyl (C=O) groups is 2. The number of benzene rings is 2. The molecule has 0 spiro atoms. The van der Waals surface area contributed by atoms with Gasteiger partial charge in [-0.3, -0.25) is 9.59 Å². The number of nitrogens with one attached hydrogen (secondary N) is 1. The van der Waals surface area contributed by atoms with Gasteiger partial charge in [-0.15, -0.1) is 0 Å². The number of likely N-dealkylation sites (N-methyl/N-ethyl adjacent to an activating group) is 1. The van der Waals surface area contributed by atoms with Crippen LogP contribution >= 0.6 is 23.2 Å². The lowest BCUT2D eigenvalue weighted by atomic mass is 10.3. The van der Waals surface area contributed by atoms with E-state index >= 15 is 0 Å². The second-order valence-corrected chi connectivity index (χ2v) is 8.85. The normalized spacial score (nSPS) is 12.5. The maximum Gasteiger partial charge on any atom is 0.322 e. The summed E-state index contributed by atoms with van der Waals surface area (Å²) in [7, 11) is -2.74. The summed E-state index contributed by atoms with van der Waals surface area (Å²) in [5.74, 6) is -2.22. The van der Waals surface area contributed by atoms with E-state index in [1.807, 2.05) is 0 Å². The van der Waals surface area contributed by atoms with Crippen LogP contribution < -0.4 is 5.32 Å². The topological polar surface area (TPSA) is 92.8 Å². The highest BCUT2D eigenvalue weighted by molar-refractivity contribution is 7.89. The second kappa shape index (κ2) is 9.53. The SMILES string of the molecule is CC(OC(=O)CN(C)S(=O)(=O)c1ccc(Cl)cc1)C(=O)Nc1ccc(F)cc1Cl. The van der Waals surface area contributed by atoms with Crippen LogP contribution in [0.5, 0.6) is 0 Å². The minimum Gasteiger partial charge on any atom is -0.452 e. The van der Waals surface area contributed by atoms with Gasteiger partial charge in [0.15, 0.2) is 6.10 Å². The Morgan fingerprint density at radius 3 is 2.38 bits per heavy atom. The summed E-state index contributed by atoms with van der Waals surface area (Å²) in [4.78, 5) is 24.1. The molecule has 7 nitrogen and oxygen atoms in total. The summed E-state index contributed by atoms with van der Waals surface area (Å²) in [6.45, 7) is 0.693. The fraction of sp³-hybridized carbons (Fsp3) is 0.222. The fourth-order valence-corrected chi connectivity index (χ4v) is 3.62. The van der Waals surface area contributed by atoms with Crippen molar-refractivity contribution >= 4 is 50.8 Å². The first-order chi connectivity index (χ1) is 13.5. The van der Waals surface area contributed by atoms with Gasteiger partial charge in [-0.25, -0.2) is 12.8 Å². The number of esters is 1. The van der Waals surface area contributed by atoms with Crippen molar-refractivity contribution in [1.82, 2.24) is 4.31 Å². The van der Waals surface area contributed by atoms with Gasteiger partial charge in [0.25, 0.3) is 5.91 Å². The number of carbonyl (C=O) groups excluding carboxylic acids is 2. The summed E-state index contributed by atoms with van der Waals surface area (Å²) in [6.07, 6.45) is -1.24. The third-order valence-corrected chi connectivity index (χ3v) is 6.12. The van der Waals surface area contributed by atoms with E-state index < -0.39 is 40.4 Å². The fourth-order valence-electron chi connectivity index (χ4n) is 2.17. The van der Waals surface area contributed by atoms with Crippen LogP contribution in [0.1, 0.15) is 6.92 Å². The number of sulfonamides is 1. The molecule has 156 valence electrons. The number of anilines is 1. The van der Waals surface area contributed by atoms with Crippen LogP contribution in [0.4, 0.5) is 10.1 Å². The van der Waals surface area contributed by atoms with E-state index in [4.69, 9.17) is 27.9 Å². The number of hydrogen-bond acceptors (Lipinski definition) is 5. The van der Waals surface area contributed by atoms with Crippen molar-refractivity contribution in [3.8, 4) is 0 Å². The van der Waals surface area contributed by atoms with Crippen LogP contribution in [0, 0.1) is 5.82 Å². The zero-order valence-corrected chi connectivity index (χ0v) is 17.7. The molecule has 1 amide bonds. The first-order valence-corrected chi connectivity index (χ1v) is 10.4. The minimum absolute atomic E-state index is 0.0225. The number of halogens is 3. The zero-order valence-electron chi connectivity index (χ0n) is 15.4. The molecule has 0 saturated carbocycles. The smallest absolute Gasteiger partial charge is 0.322 e. The minimum atomic E-state index is -3.94. The van der Waals surface area contributed by atoms with Gasteiger partial charge in [-0.1, -0.05) is 23.2 Å². The van der Waals surface area contributed by atoms with Gasteiger partial charge in [0.2, 0.25) is 10.0 Å². The standard InChI is InChI=1S/C18H17Cl2FN2O5S/c1-11(18(25)22-16-8-5-13(21)9-15(16)20)28-17(24)10-23(2)29(26,27)14-6-3-12(19)4-7-14/h3-9,11H,10H2,1-2H3,(H,22,25). The third kappa shape index (κ3) is 6.14. The molecule has 0 heterocycles. The van der Waals surface area contributed by atoms with Gasteiger partial charge in [-0.05, 0) is 49.4 Å². The molecule has 0 aliphatic heterocycles. The van der Waals surface area contributed by atoms with Crippen molar-refractivity contribution in [1.29, 1.82) is 0 Å². The Morgan fingerprint density at radius 1 is 1.17 bits per heavy atom. The molecule has 2 aromatic rings. The lowest BCUT2D eigenvalue weighted by Gasteiger charge is -2.18. The predicted octanol–water partition coefficient (Wildman–Crippen LogP) is 3.32. The van der Waals surface area contributed by atoms with E-state index in [0.29, 0.717) is 5.02 Å². The van der Waals surface area contributed by atoms with Crippen molar-refractivity contribution in [2.24, 2.45) is 0 Å². The quantitative estimate of drug-likeness (QED) is 0.636. The molecular formula is C18H17Cl2FN2O5S. The molecule has 11 heteroatoms. The van der Waals surface area contributed by atoms with E-state index in [1.54, 1.807) is 0 Å². The molecular weight excluding hydrogens is 446 g/mol. The number of ether oxygens (including phenoxy) is 1. The van der Waals surface area contributed by atoms with Crippen molar-refractivity contribution in [3.05, 3.63) is 58.3 Å². The summed E-state index contributed by atoms with van der Waals surface area (Å²) >= 11 is 11.6. The summed E-state index contributed by atoms with van der Waals surface area (Å²) in [5, 5.41) is 2.74. The first-order valence-electron chi connectivity index (χ1n) is 8.18. The van der Waals surface area contributed by atoms with Crippen molar-refractivity contribution in [2.75, 3.05) is 18.9 Å². The van der Waals surface area contributed by atoms with Crippen LogP contribution in [0.15, 0.2) is 47.4 Å². The Kier molecular flexibility index (Phi) is 7.59. The Balaban J connectivity index is 1.96. The number of hydrogen-bond donors (Lipinski definition) is 1. The number of amides is 1. The molecule has 0 aromatic heterocycles. The molecule has 0 saturated heterocycles. The summed E-state index contributed by atoms with van der Waals surface area (Å²) in [5.41, 5.74) is 0.142. The third-order valence-electron chi connectivity index (χ3n) is 3.74. The average molecular weight is 463 g/mol. The monoisotopic (exact) mass is 462 g/mol. The molecule has 0 bridgehead atoms. The van der Waals surface area contributed by atoms with Gasteiger partial charge in [0, 0.05) is 12.1 Å². The molecule has 0 aliphatic rings. The van der Waals surface area contributed by atoms with Crippen LogP contribution in [-0.4, -0.2) is 44.3 Å². The van der Waals surface area contributed by atoms with Gasteiger partial charge in [-0.2, -0.15) is 4.31 Å². The Labute approximate surface area is 177 Å². The van der Waals surface area contributed by atoms with Crippen molar-refractivity contribution < 1.29 is 27.1 Å². The molecule has 29 heavy (non-hydrogen) atoms. The van der Waals surface area contributed by atoms with E-state index in [2.05, 4.69) is 5.32 Å². The largest absolute Gasteiger partial charge is 0.452 e. The van der Waals surface area contributed by atoms with Gasteiger partial charge < -0.3 is 10.1 Å². The highest BCUT2D eigenvalue weighted by Crippen LogP contribution is 2.23. The predicted molar refractivity (Wildman–Crippen MR) is 107 cm³/mol. The highest BCUT2D eigenvalue weighted by Gasteiger charge is 2.26. The van der Waals surface area contributed by atoms with E-state index in [9.17, 15) is 22.4 Å². The summed E-state index contributed by atoms with van der Waals surface area (Å²) < 4.78 is 43.7. The zero-order chi connectivity index (χ0) is 21.8. The number of nitrogens with zero attached hydrogens (tertiary/aromatic N) is 1. The second-order valence-electron chi connectivity index (χ2n) is 5.96. The lowest BCUT2D eigenvalue weighted by Crippen LogP contribution is -2.37. The lowest BCUT2D eigenvalue weighted by molar-refractivity contribution is -0.153. The number of rotatable bonds is 7. The Bertz CT molecular complexity index is 1020. The Morgan fingerprint density at radius 2 is 1.79 bits per heavy atom. The molecule has 0 radical (unpaired) electrons. The van der Waals surface area contributed by atoms with E-state index in [0.717, 1.165) is 16.4 Å². The van der Waals surface area contributed by atoms with Gasteiger partial charge in [0.1, 0.15) is 12.4 Å². The maximum atomic E-state index is 13.0. The van der Waals surface area contributed by atoms with Crippen molar-refractivity contribution in [3.63, 3.8) is 0 Å². The molecule has 1 unspecified atom stereocenters. The van der Waals surface area contributed by atoms with E-state index in [1.165, 1.54) is 44.3 Å². The molecule has 1 N–H and O–H groups in total. The van der Waals surface area contributed by atoms with Gasteiger partial charge >= 0.3 is 5.97 Å². The average Bonchev–Trinajstić information content (AvgIpc) is 2.64. The van der Waals surface area contributed by atoms with Crippen molar-refractivity contribution in [2.45, 2.75) is 17.9 Å². The highest BCUT2D eigenvalue weighted by atomic mass is 35.5. The summed E-state index contributed by atoms with van der Waals surface area (Å²) in [6, 6.07) is 8.82. The van der Waals surface area contributed by atoms with Crippen LogP contribution in [0.2, 0.25) is 10.0 Å². The molecule has 1 atom stereocenters. The van der Waals surface area contributed by atoms with E-state index in [-0.39, 0.29) is 15.6 Å². The molecule has 2 aromatic carbocycles. The van der Waals surface area contributed by atoms with Gasteiger partial charge in [0.05, 0.1) is 15.6 Å². The van der Waals surface area contributed by atoms with Crippen LogP contribution in [0.3, 0.4) is 0 Å². The first kappa shape index (κ1) is 23.1. The molecule has 0 aliphatic carbocycles. The molecule has 0 fully saturated rings. The van der Waals surface area contributed by atoms with Crippen LogP contribution in [-0.2, 0) is 24.3 Å². The maximum absolute atomic E-state index is 13.0. The molecule has 2 rings (SSSR count). The Hall–Kier alpha value is -2.20.